The smallest absolute Gasteiger partial charge is 0.162 e. The minimum Gasteiger partial charge on any atom is -0.316 e. The molecule has 2 atom stereocenters. The maximum absolute atomic E-state index is 4.47. The van der Waals surface area contributed by atoms with Crippen LogP contribution in [0.2, 0.25) is 0 Å². The highest BCUT2D eigenvalue weighted by Gasteiger charge is 2.42. The maximum atomic E-state index is 4.47. The van der Waals surface area contributed by atoms with E-state index >= 15 is 0 Å². The Labute approximate surface area is 154 Å². The monoisotopic (exact) mass is 349 g/mol. The van der Waals surface area contributed by atoms with Gasteiger partial charge in [-0.25, -0.2) is 0 Å². The minimum atomic E-state index is 0.106. The second kappa shape index (κ2) is 7.54. The van der Waals surface area contributed by atoms with E-state index in [1.165, 1.54) is 48.4 Å². The fourth-order valence-corrected chi connectivity index (χ4v) is 4.51. The fourth-order valence-electron chi connectivity index (χ4n) is 4.51. The Kier molecular flexibility index (Phi) is 4.98. The normalized spacial score (nSPS) is 21.7. The molecule has 1 saturated heterocycles. The van der Waals surface area contributed by atoms with Crippen molar-refractivity contribution < 1.29 is 0 Å². The van der Waals surface area contributed by atoms with Crippen LogP contribution in [-0.4, -0.2) is 33.3 Å². The quantitative estimate of drug-likeness (QED) is 0.731. The van der Waals surface area contributed by atoms with Crippen molar-refractivity contribution in [1.29, 1.82) is 0 Å². The summed E-state index contributed by atoms with van der Waals surface area (Å²) in [5.74, 6) is 0. The largest absolute Gasteiger partial charge is 0.316 e. The van der Waals surface area contributed by atoms with Crippen LogP contribution in [0.15, 0.2) is 48.8 Å². The van der Waals surface area contributed by atoms with Gasteiger partial charge >= 0.3 is 0 Å². The summed E-state index contributed by atoms with van der Waals surface area (Å²) < 4.78 is 0. The van der Waals surface area contributed by atoms with E-state index in [-0.39, 0.29) is 11.5 Å². The molecule has 2 unspecified atom stereocenters. The van der Waals surface area contributed by atoms with Gasteiger partial charge in [0.1, 0.15) is 6.04 Å². The molecule has 136 valence electrons. The molecule has 1 fully saturated rings. The Morgan fingerprint density at radius 1 is 1.19 bits per heavy atom. The van der Waals surface area contributed by atoms with Gasteiger partial charge in [0.15, 0.2) is 6.33 Å². The molecule has 0 bridgehead atoms. The predicted octanol–water partition coefficient (Wildman–Crippen LogP) is 3.98. The molecular weight excluding hydrogens is 322 g/mol. The Balaban J connectivity index is 1.82. The average Bonchev–Trinajstić information content (AvgIpc) is 3.21. The zero-order chi connectivity index (χ0) is 17.8. The zero-order valence-electron chi connectivity index (χ0n) is 15.4. The topological polar surface area (TPSA) is 55.6 Å². The molecule has 2 heterocycles. The first-order chi connectivity index (χ1) is 12.8. The van der Waals surface area contributed by atoms with Crippen LogP contribution in [-0.2, 0) is 0 Å². The molecule has 1 aromatic heterocycles. The fraction of sp³-hybridized carbons (Fsp3) is 0.476. The van der Waals surface area contributed by atoms with Crippen LogP contribution >= 0.6 is 0 Å². The lowest BCUT2D eigenvalue weighted by Crippen LogP contribution is -2.46. The Hall–Kier alpha value is -2.27. The van der Waals surface area contributed by atoms with E-state index in [1.807, 2.05) is 4.80 Å². The van der Waals surface area contributed by atoms with Crippen LogP contribution < -0.4 is 5.32 Å². The number of nitrogens with zero attached hydrogens (tertiary/aromatic N) is 4. The number of benzene rings is 2. The molecule has 1 N–H and O–H groups in total. The number of tetrazole rings is 1. The van der Waals surface area contributed by atoms with Crippen LogP contribution in [0.25, 0.3) is 10.8 Å². The molecule has 0 saturated carbocycles. The molecule has 5 heteroatoms. The maximum Gasteiger partial charge on any atom is 0.162 e. The van der Waals surface area contributed by atoms with Gasteiger partial charge in [0.25, 0.3) is 0 Å². The number of piperidine rings is 1. The molecule has 2 aromatic carbocycles. The van der Waals surface area contributed by atoms with E-state index in [0.717, 1.165) is 13.1 Å². The van der Waals surface area contributed by atoms with E-state index in [2.05, 4.69) is 70.1 Å². The first-order valence-corrected chi connectivity index (χ1v) is 9.74. The average molecular weight is 349 g/mol. The molecule has 0 amide bonds. The van der Waals surface area contributed by atoms with Crippen LogP contribution in [0.5, 0.6) is 0 Å². The molecule has 0 radical (unpaired) electrons. The van der Waals surface area contributed by atoms with Crippen molar-refractivity contribution in [3.8, 4) is 0 Å². The van der Waals surface area contributed by atoms with Gasteiger partial charge in [0.2, 0.25) is 0 Å². The standard InChI is InChI=1S/C21H27N5/c1-2-3-11-21(12-6-13-22-15-21)20(26-24-16-23-25-26)19-10-9-17-7-4-5-8-18(17)14-19/h4-5,7-10,14,16,20,22H,2-3,6,11-13,15H2,1H3. The minimum absolute atomic E-state index is 0.106. The molecule has 5 nitrogen and oxygen atoms in total. The van der Waals surface area contributed by atoms with Crippen molar-refractivity contribution in [2.45, 2.75) is 45.1 Å². The number of rotatable bonds is 6. The van der Waals surface area contributed by atoms with E-state index in [0.29, 0.717) is 0 Å². The van der Waals surface area contributed by atoms with Gasteiger partial charge in [-0.15, -0.1) is 10.2 Å². The number of hydrogen-bond acceptors (Lipinski definition) is 4. The summed E-state index contributed by atoms with van der Waals surface area (Å²) in [7, 11) is 0. The third-order valence-corrected chi connectivity index (χ3v) is 5.80. The highest BCUT2D eigenvalue weighted by molar-refractivity contribution is 5.83. The van der Waals surface area contributed by atoms with Gasteiger partial charge in [0.05, 0.1) is 0 Å². The van der Waals surface area contributed by atoms with Crippen LogP contribution in [0.1, 0.15) is 50.6 Å². The second-order valence-electron chi connectivity index (χ2n) is 7.51. The van der Waals surface area contributed by atoms with E-state index in [1.54, 1.807) is 6.33 Å². The molecule has 3 aromatic rings. The molecule has 0 spiro atoms. The molecule has 1 aliphatic heterocycles. The summed E-state index contributed by atoms with van der Waals surface area (Å²) in [6.07, 6.45) is 7.55. The third kappa shape index (κ3) is 3.23. The molecular formula is C21H27N5. The van der Waals surface area contributed by atoms with Crippen LogP contribution in [0.4, 0.5) is 0 Å². The van der Waals surface area contributed by atoms with Gasteiger partial charge in [-0.1, -0.05) is 56.2 Å². The summed E-state index contributed by atoms with van der Waals surface area (Å²) in [4.78, 5) is 1.84. The Bertz CT molecular complexity index is 836. The molecule has 0 aliphatic carbocycles. The van der Waals surface area contributed by atoms with Crippen LogP contribution in [0, 0.1) is 5.41 Å². The van der Waals surface area contributed by atoms with Gasteiger partial charge in [-0.2, -0.15) is 4.80 Å². The van der Waals surface area contributed by atoms with Gasteiger partial charge < -0.3 is 5.32 Å². The Morgan fingerprint density at radius 3 is 2.81 bits per heavy atom. The summed E-state index contributed by atoms with van der Waals surface area (Å²) in [5.41, 5.74) is 1.40. The highest BCUT2D eigenvalue weighted by Crippen LogP contribution is 2.45. The van der Waals surface area contributed by atoms with Gasteiger partial charge in [-0.3, -0.25) is 0 Å². The lowest BCUT2D eigenvalue weighted by Gasteiger charge is -2.43. The van der Waals surface area contributed by atoms with Crippen LogP contribution in [0.3, 0.4) is 0 Å². The van der Waals surface area contributed by atoms with Gasteiger partial charge in [0, 0.05) is 12.0 Å². The molecule has 1 aliphatic rings. The third-order valence-electron chi connectivity index (χ3n) is 5.80. The number of aromatic nitrogens is 4. The predicted molar refractivity (Wildman–Crippen MR) is 104 cm³/mol. The zero-order valence-corrected chi connectivity index (χ0v) is 15.4. The van der Waals surface area contributed by atoms with Crippen molar-refractivity contribution in [2.75, 3.05) is 13.1 Å². The van der Waals surface area contributed by atoms with Crippen molar-refractivity contribution in [3.05, 3.63) is 54.4 Å². The molecule has 26 heavy (non-hydrogen) atoms. The summed E-state index contributed by atoms with van der Waals surface area (Å²) in [6.45, 7) is 4.37. The lowest BCUT2D eigenvalue weighted by atomic mass is 9.69. The first-order valence-electron chi connectivity index (χ1n) is 9.74. The number of hydrogen-bond donors (Lipinski definition) is 1. The number of fused-ring (bicyclic) bond motifs is 1. The molecule has 4 rings (SSSR count). The Morgan fingerprint density at radius 2 is 2.08 bits per heavy atom. The first kappa shape index (κ1) is 17.2. The van der Waals surface area contributed by atoms with E-state index in [4.69, 9.17) is 0 Å². The number of nitrogens with one attached hydrogen (secondary N) is 1. The van der Waals surface area contributed by atoms with E-state index in [9.17, 15) is 0 Å². The summed E-state index contributed by atoms with van der Waals surface area (Å²) in [5, 5.41) is 19.0. The lowest BCUT2D eigenvalue weighted by molar-refractivity contribution is 0.107. The van der Waals surface area contributed by atoms with Crippen molar-refractivity contribution in [1.82, 2.24) is 25.5 Å². The van der Waals surface area contributed by atoms with Crippen molar-refractivity contribution in [2.24, 2.45) is 5.41 Å². The summed E-state index contributed by atoms with van der Waals surface area (Å²) in [6, 6.07) is 15.4. The van der Waals surface area contributed by atoms with Crippen molar-refractivity contribution >= 4 is 10.8 Å². The number of unbranched alkanes of at least 4 members (excludes halogenated alkanes) is 1. The highest BCUT2D eigenvalue weighted by atomic mass is 15.6. The van der Waals surface area contributed by atoms with E-state index < -0.39 is 0 Å². The SMILES string of the molecule is CCCCC1(C(c2ccc3ccccc3c2)n2ncnn2)CCCNC1. The summed E-state index contributed by atoms with van der Waals surface area (Å²) >= 11 is 0. The van der Waals surface area contributed by atoms with Gasteiger partial charge in [-0.05, 0) is 53.4 Å². The second-order valence-corrected chi connectivity index (χ2v) is 7.51. The van der Waals surface area contributed by atoms with Crippen molar-refractivity contribution in [3.63, 3.8) is 0 Å².